The van der Waals surface area contributed by atoms with Crippen molar-refractivity contribution < 1.29 is 10.2 Å². The Labute approximate surface area is 98.5 Å². The summed E-state index contributed by atoms with van der Waals surface area (Å²) in [6, 6.07) is 0. The minimum absolute atomic E-state index is 0.138. The number of hydrogen-bond acceptors (Lipinski definition) is 3. The highest BCUT2D eigenvalue weighted by Gasteiger charge is 1.97. The lowest BCUT2D eigenvalue weighted by Gasteiger charge is -2.05. The zero-order valence-electron chi connectivity index (χ0n) is 10.1. The fraction of sp³-hybridized carbons (Fsp3) is 1.00. The number of rotatable bonds is 10. The first-order chi connectivity index (χ1) is 7.13. The van der Waals surface area contributed by atoms with Gasteiger partial charge in [-0.05, 0) is 51.0 Å². The fourth-order valence-corrected chi connectivity index (χ4v) is 2.41. The number of aliphatic hydroxyl groups is 2. The summed E-state index contributed by atoms with van der Waals surface area (Å²) in [5, 5.41) is 18.1. The molecule has 0 fully saturated rings. The van der Waals surface area contributed by atoms with Crippen LogP contribution in [0, 0.1) is 0 Å². The molecule has 3 heteroatoms. The van der Waals surface area contributed by atoms with E-state index >= 15 is 0 Å². The maximum absolute atomic E-state index is 9.05. The van der Waals surface area contributed by atoms with Gasteiger partial charge in [0.2, 0.25) is 0 Å². The molecule has 0 aromatic heterocycles. The van der Waals surface area contributed by atoms with Crippen LogP contribution in [0.1, 0.15) is 52.4 Å². The summed E-state index contributed by atoms with van der Waals surface area (Å²) in [4.78, 5) is 0. The van der Waals surface area contributed by atoms with Gasteiger partial charge in [0.25, 0.3) is 0 Å². The smallest absolute Gasteiger partial charge is 0.0512 e. The maximum Gasteiger partial charge on any atom is 0.0512 e. The summed E-state index contributed by atoms with van der Waals surface area (Å²) in [5.74, 6) is 2.42. The summed E-state index contributed by atoms with van der Waals surface area (Å²) in [6.45, 7) is 3.70. The molecule has 15 heavy (non-hydrogen) atoms. The van der Waals surface area contributed by atoms with Crippen LogP contribution in [0.5, 0.6) is 0 Å². The van der Waals surface area contributed by atoms with Gasteiger partial charge in [0, 0.05) is 0 Å². The van der Waals surface area contributed by atoms with Gasteiger partial charge in [-0.2, -0.15) is 11.8 Å². The van der Waals surface area contributed by atoms with Crippen molar-refractivity contribution in [2.45, 2.75) is 64.6 Å². The largest absolute Gasteiger partial charge is 0.393 e. The van der Waals surface area contributed by atoms with E-state index in [2.05, 4.69) is 0 Å². The van der Waals surface area contributed by atoms with Gasteiger partial charge < -0.3 is 10.2 Å². The van der Waals surface area contributed by atoms with Crippen LogP contribution < -0.4 is 0 Å². The highest BCUT2D eigenvalue weighted by atomic mass is 32.2. The average molecular weight is 234 g/mol. The highest BCUT2D eigenvalue weighted by molar-refractivity contribution is 7.99. The number of unbranched alkanes of at least 4 members (excludes halogenated alkanes) is 2. The third-order valence-corrected chi connectivity index (χ3v) is 3.48. The van der Waals surface area contributed by atoms with Crippen LogP contribution in [0.15, 0.2) is 0 Å². The van der Waals surface area contributed by atoms with Gasteiger partial charge in [-0.25, -0.2) is 0 Å². The van der Waals surface area contributed by atoms with E-state index in [0.717, 1.165) is 25.7 Å². The van der Waals surface area contributed by atoms with Crippen molar-refractivity contribution in [1.29, 1.82) is 0 Å². The molecule has 0 spiro atoms. The number of thioether (sulfide) groups is 1. The van der Waals surface area contributed by atoms with E-state index in [1.54, 1.807) is 0 Å². The summed E-state index contributed by atoms with van der Waals surface area (Å²) in [6.07, 6.45) is 6.29. The van der Waals surface area contributed by atoms with Crippen LogP contribution in [0.4, 0.5) is 0 Å². The van der Waals surface area contributed by atoms with Crippen LogP contribution in [0.2, 0.25) is 0 Å². The Bertz CT molecular complexity index is 113. The van der Waals surface area contributed by atoms with Crippen molar-refractivity contribution in [3.05, 3.63) is 0 Å². The second-order valence-electron chi connectivity index (χ2n) is 4.30. The first kappa shape index (κ1) is 15.3. The minimum atomic E-state index is -0.138. The Morgan fingerprint density at radius 2 is 1.20 bits per heavy atom. The topological polar surface area (TPSA) is 40.5 Å². The van der Waals surface area contributed by atoms with Crippen molar-refractivity contribution in [2.24, 2.45) is 0 Å². The molecule has 0 saturated carbocycles. The zero-order valence-corrected chi connectivity index (χ0v) is 10.9. The molecule has 0 aromatic carbocycles. The van der Waals surface area contributed by atoms with E-state index in [4.69, 9.17) is 10.2 Å². The number of hydrogen-bond donors (Lipinski definition) is 2. The normalized spacial score (nSPS) is 15.2. The molecule has 2 nitrogen and oxygen atoms in total. The van der Waals surface area contributed by atoms with Crippen molar-refractivity contribution in [3.8, 4) is 0 Å². The lowest BCUT2D eigenvalue weighted by molar-refractivity contribution is 0.181. The molecule has 0 rings (SSSR count). The summed E-state index contributed by atoms with van der Waals surface area (Å²) >= 11 is 1.99. The molecule has 0 heterocycles. The second-order valence-corrected chi connectivity index (χ2v) is 5.53. The fourth-order valence-electron chi connectivity index (χ4n) is 1.39. The van der Waals surface area contributed by atoms with Gasteiger partial charge in [-0.3, -0.25) is 0 Å². The Hall–Kier alpha value is 0.270. The van der Waals surface area contributed by atoms with Crippen molar-refractivity contribution in [3.63, 3.8) is 0 Å². The molecule has 0 radical (unpaired) electrons. The van der Waals surface area contributed by atoms with E-state index < -0.39 is 0 Å². The first-order valence-corrected chi connectivity index (χ1v) is 7.22. The van der Waals surface area contributed by atoms with Crippen LogP contribution in [-0.4, -0.2) is 33.9 Å². The standard InChI is InChI=1S/C12H26O2S/c1-11(13)7-3-5-9-15-10-6-4-8-12(2)14/h11-14H,3-10H2,1-2H3. The van der Waals surface area contributed by atoms with Gasteiger partial charge in [0.05, 0.1) is 12.2 Å². The van der Waals surface area contributed by atoms with E-state index in [9.17, 15) is 0 Å². The molecular weight excluding hydrogens is 208 g/mol. The molecule has 0 aliphatic carbocycles. The lowest BCUT2D eigenvalue weighted by Crippen LogP contribution is -1.99. The molecule has 0 bridgehead atoms. The Balaban J connectivity index is 2.93. The summed E-state index contributed by atoms with van der Waals surface area (Å²) < 4.78 is 0. The molecule has 0 amide bonds. The lowest BCUT2D eigenvalue weighted by atomic mass is 10.2. The van der Waals surface area contributed by atoms with Gasteiger partial charge in [-0.15, -0.1) is 0 Å². The SMILES string of the molecule is CC(O)CCCCSCCCCC(C)O. The molecule has 2 unspecified atom stereocenters. The van der Waals surface area contributed by atoms with Crippen LogP contribution in [0.3, 0.4) is 0 Å². The van der Waals surface area contributed by atoms with Crippen molar-refractivity contribution in [1.82, 2.24) is 0 Å². The summed E-state index contributed by atoms with van der Waals surface area (Å²) in [5.41, 5.74) is 0. The highest BCUT2D eigenvalue weighted by Crippen LogP contribution is 2.11. The molecule has 0 aromatic rings. The predicted molar refractivity (Wildman–Crippen MR) is 68.4 cm³/mol. The Kier molecular flexibility index (Phi) is 11.0. The van der Waals surface area contributed by atoms with Crippen molar-refractivity contribution >= 4 is 11.8 Å². The zero-order chi connectivity index (χ0) is 11.5. The van der Waals surface area contributed by atoms with Crippen molar-refractivity contribution in [2.75, 3.05) is 11.5 Å². The van der Waals surface area contributed by atoms with E-state index in [1.807, 2.05) is 25.6 Å². The van der Waals surface area contributed by atoms with Crippen LogP contribution in [0.25, 0.3) is 0 Å². The maximum atomic E-state index is 9.05. The summed E-state index contributed by atoms with van der Waals surface area (Å²) in [7, 11) is 0. The van der Waals surface area contributed by atoms with E-state index in [-0.39, 0.29) is 12.2 Å². The van der Waals surface area contributed by atoms with E-state index in [1.165, 1.54) is 24.3 Å². The number of aliphatic hydroxyl groups excluding tert-OH is 2. The van der Waals surface area contributed by atoms with Gasteiger partial charge in [0.15, 0.2) is 0 Å². The third kappa shape index (κ3) is 14.3. The Morgan fingerprint density at radius 3 is 1.53 bits per heavy atom. The molecule has 0 saturated heterocycles. The first-order valence-electron chi connectivity index (χ1n) is 6.06. The average Bonchev–Trinajstić information content (AvgIpc) is 2.14. The molecule has 2 atom stereocenters. The molecule has 92 valence electrons. The minimum Gasteiger partial charge on any atom is -0.393 e. The predicted octanol–water partition coefficient (Wildman–Crippen LogP) is 2.82. The van der Waals surface area contributed by atoms with Gasteiger partial charge in [0.1, 0.15) is 0 Å². The van der Waals surface area contributed by atoms with Gasteiger partial charge >= 0.3 is 0 Å². The van der Waals surface area contributed by atoms with Crippen LogP contribution in [-0.2, 0) is 0 Å². The molecule has 0 aliphatic heterocycles. The van der Waals surface area contributed by atoms with E-state index in [0.29, 0.717) is 0 Å². The van der Waals surface area contributed by atoms with Gasteiger partial charge in [-0.1, -0.05) is 12.8 Å². The molecular formula is C12H26O2S. The molecule has 2 N–H and O–H groups in total. The second kappa shape index (κ2) is 10.8. The Morgan fingerprint density at radius 1 is 0.800 bits per heavy atom. The third-order valence-electron chi connectivity index (χ3n) is 2.32. The monoisotopic (exact) mass is 234 g/mol. The quantitative estimate of drug-likeness (QED) is 0.571. The van der Waals surface area contributed by atoms with Crippen LogP contribution >= 0.6 is 11.8 Å². The molecule has 0 aliphatic rings.